The van der Waals surface area contributed by atoms with Crippen LogP contribution < -0.4 is 5.56 Å². The molecule has 0 bridgehead atoms. The van der Waals surface area contributed by atoms with E-state index in [9.17, 15) is 18.3 Å². The van der Waals surface area contributed by atoms with Gasteiger partial charge in [0, 0.05) is 6.07 Å². The average molecular weight is 266 g/mol. The molecular formula is C11H10N2O4S. The summed E-state index contributed by atoms with van der Waals surface area (Å²) in [5.41, 5.74) is 0.879. The Morgan fingerprint density at radius 1 is 1.28 bits per heavy atom. The molecule has 1 aliphatic rings. The highest BCUT2D eigenvalue weighted by Crippen LogP contribution is 2.25. The van der Waals surface area contributed by atoms with E-state index in [1.165, 1.54) is 16.8 Å². The summed E-state index contributed by atoms with van der Waals surface area (Å²) in [5, 5.41) is 12.0. The quantitative estimate of drug-likeness (QED) is 0.776. The fraction of sp³-hybridized carbons (Fsp3) is 0.182. The van der Waals surface area contributed by atoms with Gasteiger partial charge in [0.2, 0.25) is 0 Å². The Hall–Kier alpha value is -2.02. The fourth-order valence-corrected chi connectivity index (χ4v) is 3.69. The lowest BCUT2D eigenvalue weighted by Gasteiger charge is -2.06. The summed E-state index contributed by atoms with van der Waals surface area (Å²) in [6, 6.07) is 6.27. The van der Waals surface area contributed by atoms with Crippen molar-refractivity contribution in [2.75, 3.05) is 0 Å². The number of aromatic hydroxyl groups is 1. The Kier molecular flexibility index (Phi) is 2.15. The van der Waals surface area contributed by atoms with E-state index >= 15 is 0 Å². The monoisotopic (exact) mass is 266 g/mol. The van der Waals surface area contributed by atoms with Gasteiger partial charge in [-0.2, -0.15) is 0 Å². The van der Waals surface area contributed by atoms with Gasteiger partial charge in [0.1, 0.15) is 5.75 Å². The average Bonchev–Trinajstić information content (AvgIpc) is 2.74. The van der Waals surface area contributed by atoms with E-state index in [-0.39, 0.29) is 17.3 Å². The number of phenols is 1. The van der Waals surface area contributed by atoms with E-state index in [0.29, 0.717) is 16.9 Å². The Labute approximate surface area is 102 Å². The van der Waals surface area contributed by atoms with Gasteiger partial charge in [-0.3, -0.25) is 14.6 Å². The number of H-pyrrole nitrogens is 1. The molecule has 0 spiro atoms. The van der Waals surface area contributed by atoms with Crippen LogP contribution in [0.1, 0.15) is 11.3 Å². The summed E-state index contributed by atoms with van der Waals surface area (Å²) >= 11 is 0. The lowest BCUT2D eigenvalue weighted by molar-refractivity contribution is 0.474. The number of benzene rings is 1. The minimum absolute atomic E-state index is 0.0525. The first-order valence-electron chi connectivity index (χ1n) is 5.29. The summed E-state index contributed by atoms with van der Waals surface area (Å²) in [6.07, 6.45) is 0. The molecule has 18 heavy (non-hydrogen) atoms. The third-order valence-electron chi connectivity index (χ3n) is 2.91. The molecule has 2 N–H and O–H groups in total. The molecule has 7 heteroatoms. The summed E-state index contributed by atoms with van der Waals surface area (Å²) in [7, 11) is -3.23. The van der Waals surface area contributed by atoms with Crippen molar-refractivity contribution in [2.45, 2.75) is 11.5 Å². The van der Waals surface area contributed by atoms with Crippen LogP contribution in [-0.2, 0) is 21.3 Å². The number of sulfone groups is 1. The van der Waals surface area contributed by atoms with Gasteiger partial charge in [0.15, 0.2) is 9.84 Å². The van der Waals surface area contributed by atoms with Gasteiger partial charge in [-0.25, -0.2) is 8.42 Å². The molecule has 0 radical (unpaired) electrons. The highest BCUT2D eigenvalue weighted by atomic mass is 32.2. The zero-order chi connectivity index (χ0) is 12.9. The maximum absolute atomic E-state index is 11.7. The topological polar surface area (TPSA) is 92.2 Å². The van der Waals surface area contributed by atoms with Gasteiger partial charge in [-0.15, -0.1) is 0 Å². The Bertz CT molecular complexity index is 786. The molecule has 2 aromatic rings. The summed E-state index contributed by atoms with van der Waals surface area (Å²) in [6.45, 7) is 0. The van der Waals surface area contributed by atoms with Crippen LogP contribution in [0.5, 0.6) is 5.75 Å². The van der Waals surface area contributed by atoms with Crippen LogP contribution in [0, 0.1) is 0 Å². The first kappa shape index (κ1) is 11.1. The minimum atomic E-state index is -3.23. The molecule has 0 saturated carbocycles. The Morgan fingerprint density at radius 3 is 2.78 bits per heavy atom. The number of rotatable bonds is 1. The number of nitrogens with one attached hydrogen (secondary N) is 1. The highest BCUT2D eigenvalue weighted by molar-refractivity contribution is 7.90. The lowest BCUT2D eigenvalue weighted by Crippen LogP contribution is -2.11. The van der Waals surface area contributed by atoms with E-state index in [4.69, 9.17) is 0 Å². The van der Waals surface area contributed by atoms with Crippen molar-refractivity contribution in [3.8, 4) is 11.4 Å². The Balaban J connectivity index is 2.23. The van der Waals surface area contributed by atoms with Gasteiger partial charge in [-0.05, 0) is 12.1 Å². The van der Waals surface area contributed by atoms with Gasteiger partial charge in [0.05, 0.1) is 28.5 Å². The molecule has 94 valence electrons. The SMILES string of the molecule is O=c1[nH]n(-c2cccc(O)c2)c2c1CS(=O)(=O)C2. The second-order valence-corrected chi connectivity index (χ2v) is 6.32. The molecule has 1 aliphatic heterocycles. The number of hydrogen-bond donors (Lipinski definition) is 2. The van der Waals surface area contributed by atoms with Crippen molar-refractivity contribution in [1.82, 2.24) is 9.78 Å². The summed E-state index contributed by atoms with van der Waals surface area (Å²) in [5.74, 6) is -0.322. The number of fused-ring (bicyclic) bond motifs is 1. The summed E-state index contributed by atoms with van der Waals surface area (Å²) < 4.78 is 24.5. The molecular weight excluding hydrogens is 256 g/mol. The molecule has 0 unspecified atom stereocenters. The molecule has 0 saturated heterocycles. The Morgan fingerprint density at radius 2 is 2.06 bits per heavy atom. The number of aromatic amines is 1. The van der Waals surface area contributed by atoms with Crippen LogP contribution in [0.25, 0.3) is 5.69 Å². The minimum Gasteiger partial charge on any atom is -0.508 e. The molecule has 0 fully saturated rings. The van der Waals surface area contributed by atoms with Crippen molar-refractivity contribution in [1.29, 1.82) is 0 Å². The lowest BCUT2D eigenvalue weighted by atomic mass is 10.2. The third kappa shape index (κ3) is 1.63. The molecule has 1 aromatic heterocycles. The maximum atomic E-state index is 11.7. The van der Waals surface area contributed by atoms with Crippen LogP contribution in [0.3, 0.4) is 0 Å². The molecule has 6 nitrogen and oxygen atoms in total. The summed E-state index contributed by atoms with van der Waals surface area (Å²) in [4.78, 5) is 11.7. The van der Waals surface area contributed by atoms with Crippen LogP contribution >= 0.6 is 0 Å². The fourth-order valence-electron chi connectivity index (χ4n) is 2.13. The smallest absolute Gasteiger partial charge is 0.268 e. The van der Waals surface area contributed by atoms with Gasteiger partial charge < -0.3 is 5.11 Å². The van der Waals surface area contributed by atoms with Crippen molar-refractivity contribution < 1.29 is 13.5 Å². The third-order valence-corrected chi connectivity index (χ3v) is 4.36. The van der Waals surface area contributed by atoms with Crippen molar-refractivity contribution in [3.63, 3.8) is 0 Å². The van der Waals surface area contributed by atoms with Crippen LogP contribution in [0.4, 0.5) is 0 Å². The standard InChI is InChI=1S/C11H10N2O4S/c14-8-3-1-2-7(4-8)13-10-6-18(16,17)5-9(10)11(15)12-13/h1-4,14H,5-6H2,(H,12,15). The largest absolute Gasteiger partial charge is 0.508 e. The molecule has 2 heterocycles. The number of hydrogen-bond acceptors (Lipinski definition) is 4. The molecule has 0 atom stereocenters. The maximum Gasteiger partial charge on any atom is 0.268 e. The van der Waals surface area contributed by atoms with Crippen molar-refractivity contribution >= 4 is 9.84 Å². The molecule has 3 rings (SSSR count). The first-order valence-corrected chi connectivity index (χ1v) is 7.11. The zero-order valence-corrected chi connectivity index (χ0v) is 10.1. The van der Waals surface area contributed by atoms with E-state index in [0.717, 1.165) is 0 Å². The molecule has 0 amide bonds. The normalized spacial score (nSPS) is 16.7. The predicted octanol–water partition coefficient (Wildman–Crippen LogP) is 0.300. The van der Waals surface area contributed by atoms with Crippen LogP contribution in [0.15, 0.2) is 29.1 Å². The number of aromatic nitrogens is 2. The van der Waals surface area contributed by atoms with E-state index in [1.807, 2.05) is 0 Å². The van der Waals surface area contributed by atoms with Crippen LogP contribution in [0.2, 0.25) is 0 Å². The van der Waals surface area contributed by atoms with Crippen LogP contribution in [-0.4, -0.2) is 23.3 Å². The molecule has 1 aromatic carbocycles. The first-order chi connectivity index (χ1) is 8.46. The second kappa shape index (κ2) is 3.49. The number of nitrogens with zero attached hydrogens (tertiary/aromatic N) is 1. The zero-order valence-electron chi connectivity index (χ0n) is 9.25. The van der Waals surface area contributed by atoms with Crippen molar-refractivity contribution in [3.05, 3.63) is 45.9 Å². The van der Waals surface area contributed by atoms with Gasteiger partial charge in [-0.1, -0.05) is 6.07 Å². The van der Waals surface area contributed by atoms with Gasteiger partial charge in [0.25, 0.3) is 5.56 Å². The van der Waals surface area contributed by atoms with E-state index in [2.05, 4.69) is 5.10 Å². The number of phenolic OH excluding ortho intramolecular Hbond substituents is 1. The highest BCUT2D eigenvalue weighted by Gasteiger charge is 2.31. The van der Waals surface area contributed by atoms with Crippen molar-refractivity contribution in [2.24, 2.45) is 0 Å². The molecule has 0 aliphatic carbocycles. The van der Waals surface area contributed by atoms with E-state index < -0.39 is 15.4 Å². The van der Waals surface area contributed by atoms with Gasteiger partial charge >= 0.3 is 0 Å². The van der Waals surface area contributed by atoms with E-state index in [1.54, 1.807) is 12.1 Å². The predicted molar refractivity (Wildman–Crippen MR) is 64.4 cm³/mol. The second-order valence-electron chi connectivity index (χ2n) is 4.25.